The van der Waals surface area contributed by atoms with Crippen LogP contribution in [0.2, 0.25) is 0 Å². The fourth-order valence-corrected chi connectivity index (χ4v) is 0.743. The van der Waals surface area contributed by atoms with Crippen LogP contribution in [0.1, 0.15) is 5.56 Å². The molecular formula is C9H7BrN2. The van der Waals surface area contributed by atoms with Crippen LogP contribution in [0, 0.1) is 23.7 Å². The Kier molecular flexibility index (Phi) is 4.76. The number of halogens is 1. The average Bonchev–Trinajstić information content (AvgIpc) is 2.07. The summed E-state index contributed by atoms with van der Waals surface area (Å²) < 4.78 is 1.83. The zero-order valence-corrected chi connectivity index (χ0v) is 7.95. The second-order valence-corrected chi connectivity index (χ2v) is 2.08. The Hall–Kier alpha value is -1.32. The highest BCUT2D eigenvalue weighted by atomic mass is 79.9. The zero-order chi connectivity index (χ0) is 8.10. The second-order valence-electron chi connectivity index (χ2n) is 2.08. The Labute approximate surface area is 82.2 Å². The van der Waals surface area contributed by atoms with E-state index in [0.717, 1.165) is 0 Å². The van der Waals surface area contributed by atoms with E-state index in [1.165, 1.54) is 0 Å². The lowest BCUT2D eigenvalue weighted by Gasteiger charge is -1.87. The first kappa shape index (κ1) is 10.7. The molecule has 0 aliphatic carbocycles. The largest absolute Gasteiger partial charge is 1.00 e. The number of pyridine rings is 1. The Balaban J connectivity index is 0.00000121. The van der Waals surface area contributed by atoms with Crippen molar-refractivity contribution in [2.24, 2.45) is 0 Å². The smallest absolute Gasteiger partial charge is 0.208 e. The lowest BCUT2D eigenvalue weighted by atomic mass is 10.3. The van der Waals surface area contributed by atoms with E-state index < -0.39 is 0 Å². The van der Waals surface area contributed by atoms with Crippen LogP contribution in [0.25, 0.3) is 0 Å². The highest BCUT2D eigenvalue weighted by molar-refractivity contribution is 5.23. The summed E-state index contributed by atoms with van der Waals surface area (Å²) in [6.45, 7) is 0.547. The number of nitriles is 1. The molecular weight excluding hydrogens is 216 g/mol. The number of terminal acetylenes is 1. The SMILES string of the molecule is C#CC[n+]1ccc(C#N)cc1.[Br-]. The summed E-state index contributed by atoms with van der Waals surface area (Å²) in [6, 6.07) is 5.50. The summed E-state index contributed by atoms with van der Waals surface area (Å²) in [5.74, 6) is 2.50. The molecule has 0 radical (unpaired) electrons. The summed E-state index contributed by atoms with van der Waals surface area (Å²) in [4.78, 5) is 0. The van der Waals surface area contributed by atoms with Gasteiger partial charge in [0, 0.05) is 12.1 Å². The van der Waals surface area contributed by atoms with Crippen LogP contribution in [0.3, 0.4) is 0 Å². The predicted octanol–water partition coefficient (Wildman–Crippen LogP) is -2.52. The molecule has 1 heterocycles. The lowest BCUT2D eigenvalue weighted by molar-refractivity contribution is -0.684. The Morgan fingerprint density at radius 1 is 1.42 bits per heavy atom. The van der Waals surface area contributed by atoms with Crippen molar-refractivity contribution in [2.75, 3.05) is 0 Å². The van der Waals surface area contributed by atoms with Gasteiger partial charge >= 0.3 is 0 Å². The topological polar surface area (TPSA) is 27.7 Å². The lowest BCUT2D eigenvalue weighted by Crippen LogP contribution is -3.00. The summed E-state index contributed by atoms with van der Waals surface area (Å²) in [5.41, 5.74) is 0.651. The molecule has 0 unspecified atom stereocenters. The first-order valence-electron chi connectivity index (χ1n) is 3.19. The van der Waals surface area contributed by atoms with E-state index in [4.69, 9.17) is 11.7 Å². The monoisotopic (exact) mass is 222 g/mol. The van der Waals surface area contributed by atoms with Crippen molar-refractivity contribution in [3.63, 3.8) is 0 Å². The molecule has 0 amide bonds. The van der Waals surface area contributed by atoms with Gasteiger partial charge in [0.2, 0.25) is 6.54 Å². The molecule has 2 nitrogen and oxygen atoms in total. The number of hydrogen-bond donors (Lipinski definition) is 0. The minimum absolute atomic E-state index is 0. The van der Waals surface area contributed by atoms with Gasteiger partial charge < -0.3 is 17.0 Å². The van der Waals surface area contributed by atoms with E-state index in [1.54, 1.807) is 24.5 Å². The van der Waals surface area contributed by atoms with E-state index in [9.17, 15) is 0 Å². The zero-order valence-electron chi connectivity index (χ0n) is 6.37. The van der Waals surface area contributed by atoms with Gasteiger partial charge in [-0.15, -0.1) is 6.42 Å². The van der Waals surface area contributed by atoms with Gasteiger partial charge in [0.15, 0.2) is 12.4 Å². The molecule has 0 aliphatic heterocycles. The molecule has 0 atom stereocenters. The summed E-state index contributed by atoms with van der Waals surface area (Å²) in [7, 11) is 0. The van der Waals surface area contributed by atoms with Crippen molar-refractivity contribution in [1.82, 2.24) is 0 Å². The summed E-state index contributed by atoms with van der Waals surface area (Å²) in [5, 5.41) is 8.46. The number of rotatable bonds is 1. The van der Waals surface area contributed by atoms with Gasteiger partial charge in [-0.25, -0.2) is 0 Å². The maximum atomic E-state index is 8.46. The maximum Gasteiger partial charge on any atom is 0.208 e. The molecule has 0 fully saturated rings. The minimum atomic E-state index is 0. The van der Waals surface area contributed by atoms with E-state index >= 15 is 0 Å². The molecule has 60 valence electrons. The molecule has 0 saturated carbocycles. The van der Waals surface area contributed by atoms with Gasteiger partial charge in [-0.1, -0.05) is 0 Å². The molecule has 12 heavy (non-hydrogen) atoms. The van der Waals surface area contributed by atoms with Crippen molar-refractivity contribution in [2.45, 2.75) is 6.54 Å². The Bertz CT molecular complexity index is 316. The molecule has 1 aromatic heterocycles. The number of aromatic nitrogens is 1. The van der Waals surface area contributed by atoms with Crippen LogP contribution in [0.5, 0.6) is 0 Å². The molecule has 3 heteroatoms. The third kappa shape index (κ3) is 2.74. The molecule has 0 spiro atoms. The fourth-order valence-electron chi connectivity index (χ4n) is 0.743. The standard InChI is InChI=1S/C9H7N2.BrH/c1-2-5-11-6-3-9(8-10)4-7-11;/h1,3-4,6-7H,5H2;1H/q+1;/p-1. The highest BCUT2D eigenvalue weighted by Gasteiger charge is 1.95. The quantitative estimate of drug-likeness (QED) is 0.381. The average molecular weight is 223 g/mol. The molecule has 1 aromatic rings. The van der Waals surface area contributed by atoms with Crippen LogP contribution < -0.4 is 21.5 Å². The van der Waals surface area contributed by atoms with E-state index in [2.05, 4.69) is 5.92 Å². The molecule has 0 aliphatic rings. The molecule has 0 saturated heterocycles. The minimum Gasteiger partial charge on any atom is -1.00 e. The Morgan fingerprint density at radius 2 is 2.00 bits per heavy atom. The second kappa shape index (κ2) is 5.35. The van der Waals surface area contributed by atoms with Crippen molar-refractivity contribution in [3.05, 3.63) is 30.1 Å². The summed E-state index contributed by atoms with van der Waals surface area (Å²) in [6.07, 6.45) is 8.68. The van der Waals surface area contributed by atoms with Crippen molar-refractivity contribution in [3.8, 4) is 18.4 Å². The van der Waals surface area contributed by atoms with Gasteiger partial charge in [-0.05, 0) is 5.92 Å². The van der Waals surface area contributed by atoms with Crippen LogP contribution in [0.4, 0.5) is 0 Å². The van der Waals surface area contributed by atoms with E-state index in [-0.39, 0.29) is 17.0 Å². The fraction of sp³-hybridized carbons (Fsp3) is 0.111. The van der Waals surface area contributed by atoms with Gasteiger partial charge in [-0.3, -0.25) is 0 Å². The highest BCUT2D eigenvalue weighted by Crippen LogP contribution is 1.89. The van der Waals surface area contributed by atoms with Gasteiger partial charge in [0.05, 0.1) is 11.6 Å². The van der Waals surface area contributed by atoms with Crippen LogP contribution >= 0.6 is 0 Å². The third-order valence-electron chi connectivity index (χ3n) is 1.29. The number of hydrogen-bond acceptors (Lipinski definition) is 1. The van der Waals surface area contributed by atoms with Gasteiger partial charge in [0.1, 0.15) is 0 Å². The molecule has 1 rings (SSSR count). The normalized spacial score (nSPS) is 7.50. The summed E-state index contributed by atoms with van der Waals surface area (Å²) >= 11 is 0. The van der Waals surface area contributed by atoms with Gasteiger partial charge in [-0.2, -0.15) is 9.83 Å². The maximum absolute atomic E-state index is 8.46. The first-order chi connectivity index (χ1) is 5.36. The van der Waals surface area contributed by atoms with Crippen LogP contribution in [0.15, 0.2) is 24.5 Å². The van der Waals surface area contributed by atoms with Crippen LogP contribution in [-0.4, -0.2) is 0 Å². The Morgan fingerprint density at radius 3 is 2.42 bits per heavy atom. The first-order valence-corrected chi connectivity index (χ1v) is 3.19. The predicted molar refractivity (Wildman–Crippen MR) is 40.2 cm³/mol. The van der Waals surface area contributed by atoms with Crippen molar-refractivity contribution in [1.29, 1.82) is 5.26 Å². The molecule has 0 aromatic carbocycles. The third-order valence-corrected chi connectivity index (χ3v) is 1.29. The van der Waals surface area contributed by atoms with Gasteiger partial charge in [0.25, 0.3) is 0 Å². The van der Waals surface area contributed by atoms with Crippen LogP contribution in [-0.2, 0) is 6.54 Å². The van der Waals surface area contributed by atoms with E-state index in [0.29, 0.717) is 12.1 Å². The van der Waals surface area contributed by atoms with E-state index in [1.807, 2.05) is 10.6 Å². The molecule has 0 bridgehead atoms. The number of nitrogens with zero attached hydrogens (tertiary/aromatic N) is 2. The molecule has 0 N–H and O–H groups in total. The van der Waals surface area contributed by atoms with Crippen molar-refractivity contribution >= 4 is 0 Å². The van der Waals surface area contributed by atoms with Crippen molar-refractivity contribution < 1.29 is 21.5 Å².